The van der Waals surface area contributed by atoms with E-state index in [1.165, 1.54) is 0 Å². The average molecular weight is 346 g/mol. The van der Waals surface area contributed by atoms with Crippen LogP contribution in [0.5, 0.6) is 5.75 Å². The first-order valence-electron chi connectivity index (χ1n) is 9.22. The van der Waals surface area contributed by atoms with Crippen molar-refractivity contribution in [1.82, 2.24) is 9.80 Å². The fourth-order valence-corrected chi connectivity index (χ4v) is 4.02. The fraction of sp³-hybridized carbons (Fsp3) is 0.632. The van der Waals surface area contributed by atoms with Crippen LogP contribution in [0.3, 0.4) is 0 Å². The molecule has 3 heterocycles. The first-order valence-corrected chi connectivity index (χ1v) is 9.22. The maximum absolute atomic E-state index is 12.2. The Bertz CT molecular complexity index is 580. The zero-order valence-electron chi connectivity index (χ0n) is 14.6. The van der Waals surface area contributed by atoms with Gasteiger partial charge in [0.05, 0.1) is 19.7 Å². The van der Waals surface area contributed by atoms with E-state index in [0.717, 1.165) is 51.3 Å². The summed E-state index contributed by atoms with van der Waals surface area (Å²) in [4.78, 5) is 16.5. The minimum atomic E-state index is -0.306. The summed E-state index contributed by atoms with van der Waals surface area (Å²) < 4.78 is 17.0. The van der Waals surface area contributed by atoms with Crippen molar-refractivity contribution in [3.8, 4) is 5.75 Å². The van der Waals surface area contributed by atoms with E-state index in [9.17, 15) is 4.79 Å². The number of rotatable bonds is 5. The highest BCUT2D eigenvalue weighted by Crippen LogP contribution is 2.34. The van der Waals surface area contributed by atoms with Crippen LogP contribution in [-0.2, 0) is 9.47 Å². The standard InChI is InChI=1S/C19H26N2O4/c22-18-21(11-13-24-17-4-2-1-3-5-17)15-19(25-18)7-9-20(10-8-19)16-6-12-23-14-16/h1-5,16H,6-15H2. The summed E-state index contributed by atoms with van der Waals surface area (Å²) >= 11 is 0. The summed E-state index contributed by atoms with van der Waals surface area (Å²) in [5, 5.41) is 0. The summed E-state index contributed by atoms with van der Waals surface area (Å²) in [6.07, 6.45) is 2.74. The zero-order valence-corrected chi connectivity index (χ0v) is 14.6. The Morgan fingerprint density at radius 3 is 2.72 bits per heavy atom. The SMILES string of the molecule is O=C1OC2(CCN(C3CCOC3)CC2)CN1CCOc1ccccc1. The topological polar surface area (TPSA) is 51.2 Å². The predicted octanol–water partition coefficient (Wildman–Crippen LogP) is 2.14. The second-order valence-electron chi connectivity index (χ2n) is 7.19. The van der Waals surface area contributed by atoms with E-state index in [0.29, 0.717) is 25.7 Å². The number of carbonyl (C=O) groups is 1. The highest BCUT2D eigenvalue weighted by molar-refractivity contribution is 5.70. The molecule has 0 aliphatic carbocycles. The smallest absolute Gasteiger partial charge is 0.410 e. The van der Waals surface area contributed by atoms with Gasteiger partial charge in [-0.3, -0.25) is 4.90 Å². The van der Waals surface area contributed by atoms with Gasteiger partial charge in [-0.25, -0.2) is 4.79 Å². The first kappa shape index (κ1) is 16.7. The van der Waals surface area contributed by atoms with Crippen LogP contribution in [-0.4, -0.2) is 73.5 Å². The molecule has 0 bridgehead atoms. The highest BCUT2D eigenvalue weighted by atomic mass is 16.6. The van der Waals surface area contributed by atoms with Gasteiger partial charge in [-0.05, 0) is 18.6 Å². The molecule has 0 aromatic heterocycles. The molecule has 1 aromatic rings. The van der Waals surface area contributed by atoms with E-state index in [4.69, 9.17) is 14.2 Å². The molecular formula is C19H26N2O4. The Balaban J connectivity index is 1.25. The van der Waals surface area contributed by atoms with Gasteiger partial charge in [0.1, 0.15) is 18.0 Å². The Kier molecular flexibility index (Phi) is 4.81. The number of likely N-dealkylation sites (tertiary alicyclic amines) is 1. The van der Waals surface area contributed by atoms with Gasteiger partial charge < -0.3 is 19.1 Å². The molecular weight excluding hydrogens is 320 g/mol. The molecule has 0 radical (unpaired) electrons. The quantitative estimate of drug-likeness (QED) is 0.818. The van der Waals surface area contributed by atoms with Gasteiger partial charge in [0.2, 0.25) is 0 Å². The molecule has 0 N–H and O–H groups in total. The zero-order chi connectivity index (χ0) is 17.1. The summed E-state index contributed by atoms with van der Waals surface area (Å²) in [6, 6.07) is 10.2. The summed E-state index contributed by atoms with van der Waals surface area (Å²) in [6.45, 7) is 5.41. The van der Waals surface area contributed by atoms with Gasteiger partial charge in [-0.15, -0.1) is 0 Å². The van der Waals surface area contributed by atoms with Crippen LogP contribution in [0, 0.1) is 0 Å². The van der Waals surface area contributed by atoms with Gasteiger partial charge in [0.15, 0.2) is 0 Å². The number of carbonyl (C=O) groups excluding carboxylic acids is 1. The minimum Gasteiger partial charge on any atom is -0.492 e. The Labute approximate surface area is 148 Å². The molecule has 3 saturated heterocycles. The molecule has 3 fully saturated rings. The summed E-state index contributed by atoms with van der Waals surface area (Å²) in [5.74, 6) is 0.830. The van der Waals surface area contributed by atoms with Crippen molar-refractivity contribution in [3.63, 3.8) is 0 Å². The van der Waals surface area contributed by atoms with E-state index in [1.807, 2.05) is 30.3 Å². The van der Waals surface area contributed by atoms with Crippen LogP contribution < -0.4 is 4.74 Å². The number of para-hydroxylation sites is 1. The van der Waals surface area contributed by atoms with Gasteiger partial charge in [0, 0.05) is 38.6 Å². The second kappa shape index (κ2) is 7.22. The molecule has 1 aromatic carbocycles. The van der Waals surface area contributed by atoms with Crippen LogP contribution in [0.25, 0.3) is 0 Å². The number of hydrogen-bond donors (Lipinski definition) is 0. The average Bonchev–Trinajstić information content (AvgIpc) is 3.26. The third-order valence-corrected chi connectivity index (χ3v) is 5.55. The lowest BCUT2D eigenvalue weighted by molar-refractivity contribution is -0.0111. The van der Waals surface area contributed by atoms with E-state index in [-0.39, 0.29) is 11.7 Å². The number of amides is 1. The Morgan fingerprint density at radius 2 is 2.00 bits per heavy atom. The first-order chi connectivity index (χ1) is 12.2. The van der Waals surface area contributed by atoms with Crippen molar-refractivity contribution in [3.05, 3.63) is 30.3 Å². The summed E-state index contributed by atoms with van der Waals surface area (Å²) in [5.41, 5.74) is -0.306. The predicted molar refractivity (Wildman–Crippen MR) is 92.8 cm³/mol. The third kappa shape index (κ3) is 3.75. The van der Waals surface area contributed by atoms with E-state index in [1.54, 1.807) is 4.90 Å². The fourth-order valence-electron chi connectivity index (χ4n) is 4.02. The molecule has 136 valence electrons. The van der Waals surface area contributed by atoms with Gasteiger partial charge in [-0.2, -0.15) is 0 Å². The lowest BCUT2D eigenvalue weighted by Crippen LogP contribution is -2.50. The molecule has 3 aliphatic rings. The van der Waals surface area contributed by atoms with E-state index >= 15 is 0 Å². The van der Waals surface area contributed by atoms with Crippen LogP contribution in [0.15, 0.2) is 30.3 Å². The molecule has 1 amide bonds. The molecule has 0 saturated carbocycles. The number of ether oxygens (including phenoxy) is 3. The van der Waals surface area contributed by atoms with Crippen LogP contribution >= 0.6 is 0 Å². The van der Waals surface area contributed by atoms with Gasteiger partial charge >= 0.3 is 6.09 Å². The van der Waals surface area contributed by atoms with Crippen molar-refractivity contribution < 1.29 is 19.0 Å². The number of hydrogen-bond acceptors (Lipinski definition) is 5. The maximum atomic E-state index is 12.2. The van der Waals surface area contributed by atoms with Crippen molar-refractivity contribution in [2.24, 2.45) is 0 Å². The molecule has 25 heavy (non-hydrogen) atoms. The number of benzene rings is 1. The third-order valence-electron chi connectivity index (χ3n) is 5.55. The lowest BCUT2D eigenvalue weighted by Gasteiger charge is -2.39. The van der Waals surface area contributed by atoms with Crippen molar-refractivity contribution in [1.29, 1.82) is 0 Å². The normalized spacial score (nSPS) is 26.2. The molecule has 4 rings (SSSR count). The highest BCUT2D eigenvalue weighted by Gasteiger charge is 2.47. The monoisotopic (exact) mass is 346 g/mol. The summed E-state index contributed by atoms with van der Waals surface area (Å²) in [7, 11) is 0. The minimum absolute atomic E-state index is 0.200. The number of nitrogens with zero attached hydrogens (tertiary/aromatic N) is 2. The van der Waals surface area contributed by atoms with E-state index in [2.05, 4.69) is 4.90 Å². The van der Waals surface area contributed by atoms with E-state index < -0.39 is 0 Å². The molecule has 1 atom stereocenters. The molecule has 1 spiro atoms. The molecule has 1 unspecified atom stereocenters. The number of piperidine rings is 1. The molecule has 6 heteroatoms. The van der Waals surface area contributed by atoms with Crippen LogP contribution in [0.2, 0.25) is 0 Å². The lowest BCUT2D eigenvalue weighted by atomic mass is 9.90. The molecule has 6 nitrogen and oxygen atoms in total. The van der Waals surface area contributed by atoms with Crippen molar-refractivity contribution in [2.75, 3.05) is 46.0 Å². The Hall–Kier alpha value is -1.79. The second-order valence-corrected chi connectivity index (χ2v) is 7.19. The van der Waals surface area contributed by atoms with Crippen molar-refractivity contribution in [2.45, 2.75) is 30.9 Å². The largest absolute Gasteiger partial charge is 0.492 e. The maximum Gasteiger partial charge on any atom is 0.410 e. The molecule has 3 aliphatic heterocycles. The van der Waals surface area contributed by atoms with Crippen LogP contribution in [0.1, 0.15) is 19.3 Å². The van der Waals surface area contributed by atoms with Crippen LogP contribution in [0.4, 0.5) is 4.79 Å². The van der Waals surface area contributed by atoms with Gasteiger partial charge in [-0.1, -0.05) is 18.2 Å². The van der Waals surface area contributed by atoms with Crippen molar-refractivity contribution >= 4 is 6.09 Å². The van der Waals surface area contributed by atoms with Gasteiger partial charge in [0.25, 0.3) is 0 Å². The Morgan fingerprint density at radius 1 is 1.20 bits per heavy atom.